The van der Waals surface area contributed by atoms with E-state index in [2.05, 4.69) is 22.4 Å². The molecule has 2 unspecified atom stereocenters. The van der Waals surface area contributed by atoms with E-state index in [1.807, 2.05) is 60.1 Å². The van der Waals surface area contributed by atoms with Crippen molar-refractivity contribution >= 4 is 22.5 Å². The maximum Gasteiger partial charge on any atom is 0.227 e. The quantitative estimate of drug-likeness (QED) is 0.423. The summed E-state index contributed by atoms with van der Waals surface area (Å²) in [6.45, 7) is 2.71. The molecule has 2 aromatic carbocycles. The van der Waals surface area contributed by atoms with Crippen molar-refractivity contribution in [2.45, 2.75) is 38.8 Å². The predicted molar refractivity (Wildman–Crippen MR) is 130 cm³/mol. The van der Waals surface area contributed by atoms with Crippen molar-refractivity contribution < 1.29 is 9.53 Å². The molecule has 1 N–H and O–H groups in total. The lowest BCUT2D eigenvalue weighted by Crippen LogP contribution is -2.22. The van der Waals surface area contributed by atoms with Crippen LogP contribution in [0.15, 0.2) is 73.1 Å². The largest absolute Gasteiger partial charge is 0.356 e. The second-order valence-corrected chi connectivity index (χ2v) is 8.66. The van der Waals surface area contributed by atoms with Crippen LogP contribution in [0.3, 0.4) is 0 Å². The number of anilines is 1. The molecule has 0 radical (unpaired) electrons. The first-order valence-corrected chi connectivity index (χ1v) is 11.6. The summed E-state index contributed by atoms with van der Waals surface area (Å²) in [4.78, 5) is 17.0. The molecule has 1 amide bonds. The van der Waals surface area contributed by atoms with Gasteiger partial charge in [0.15, 0.2) is 6.23 Å². The van der Waals surface area contributed by atoms with Crippen molar-refractivity contribution in [3.63, 3.8) is 0 Å². The fraction of sp³-hybridized carbons (Fsp3) is 0.296. The van der Waals surface area contributed by atoms with E-state index in [-0.39, 0.29) is 18.1 Å². The molecule has 6 nitrogen and oxygen atoms in total. The number of hydrogen-bond donors (Lipinski definition) is 1. The first kappa shape index (κ1) is 21.3. The predicted octanol–water partition coefficient (Wildman–Crippen LogP) is 5.61. The van der Waals surface area contributed by atoms with E-state index in [1.54, 1.807) is 12.4 Å². The minimum absolute atomic E-state index is 0.00618. The SMILES string of the molecule is CC(Cc1ccccc1)C(=O)Nc1ccc2c(c1)c(-c1ccncc1)nn2C1CCCCO1. The van der Waals surface area contributed by atoms with Gasteiger partial charge in [-0.1, -0.05) is 37.3 Å². The minimum atomic E-state index is -0.138. The molecule has 3 heterocycles. The normalized spacial score (nSPS) is 17.1. The van der Waals surface area contributed by atoms with Gasteiger partial charge in [-0.25, -0.2) is 4.68 Å². The van der Waals surface area contributed by atoms with E-state index in [4.69, 9.17) is 9.84 Å². The highest BCUT2D eigenvalue weighted by molar-refractivity contribution is 5.99. The zero-order chi connectivity index (χ0) is 22.6. The maximum absolute atomic E-state index is 12.9. The van der Waals surface area contributed by atoms with E-state index < -0.39 is 0 Å². The number of amides is 1. The van der Waals surface area contributed by atoms with Crippen LogP contribution in [0.5, 0.6) is 0 Å². The van der Waals surface area contributed by atoms with Gasteiger partial charge in [0, 0.05) is 41.6 Å². The third-order valence-corrected chi connectivity index (χ3v) is 6.19. The van der Waals surface area contributed by atoms with Gasteiger partial charge in [-0.05, 0) is 61.6 Å². The Bertz CT molecular complexity index is 1230. The molecule has 4 aromatic rings. The van der Waals surface area contributed by atoms with Crippen molar-refractivity contribution in [2.75, 3.05) is 11.9 Å². The summed E-state index contributed by atoms with van der Waals surface area (Å²) in [5.74, 6) is -0.132. The van der Waals surface area contributed by atoms with Crippen molar-refractivity contribution in [2.24, 2.45) is 5.92 Å². The first-order chi connectivity index (χ1) is 16.2. The van der Waals surface area contributed by atoms with E-state index in [0.717, 1.165) is 59.3 Å². The summed E-state index contributed by atoms with van der Waals surface area (Å²) in [6, 6.07) is 20.0. The van der Waals surface area contributed by atoms with Crippen LogP contribution in [0, 0.1) is 5.92 Å². The van der Waals surface area contributed by atoms with Crippen LogP contribution in [0.4, 0.5) is 5.69 Å². The van der Waals surface area contributed by atoms with Gasteiger partial charge in [-0.15, -0.1) is 0 Å². The summed E-state index contributed by atoms with van der Waals surface area (Å²) in [7, 11) is 0. The lowest BCUT2D eigenvalue weighted by molar-refractivity contribution is -0.119. The minimum Gasteiger partial charge on any atom is -0.356 e. The molecule has 1 aliphatic rings. The summed E-state index contributed by atoms with van der Waals surface area (Å²) >= 11 is 0. The fourth-order valence-corrected chi connectivity index (χ4v) is 4.40. The number of ether oxygens (including phenoxy) is 1. The van der Waals surface area contributed by atoms with Crippen molar-refractivity contribution in [3.8, 4) is 11.3 Å². The molecule has 168 valence electrons. The average molecular weight is 441 g/mol. The Labute approximate surface area is 193 Å². The highest BCUT2D eigenvalue weighted by Crippen LogP contribution is 2.34. The lowest BCUT2D eigenvalue weighted by atomic mass is 10.0. The van der Waals surface area contributed by atoms with Crippen molar-refractivity contribution in [1.29, 1.82) is 0 Å². The molecule has 0 aliphatic carbocycles. The van der Waals surface area contributed by atoms with Crippen LogP contribution in [0.25, 0.3) is 22.2 Å². The molecule has 6 heteroatoms. The number of aromatic nitrogens is 3. The Morgan fingerprint density at radius 3 is 2.70 bits per heavy atom. The first-order valence-electron chi connectivity index (χ1n) is 11.6. The molecule has 1 saturated heterocycles. The number of benzene rings is 2. The molecular formula is C27H28N4O2. The van der Waals surface area contributed by atoms with E-state index in [1.165, 1.54) is 0 Å². The average Bonchev–Trinajstić information content (AvgIpc) is 3.24. The van der Waals surface area contributed by atoms with E-state index in [0.29, 0.717) is 6.42 Å². The van der Waals surface area contributed by atoms with Gasteiger partial charge in [0.25, 0.3) is 0 Å². The topological polar surface area (TPSA) is 69.0 Å². The van der Waals surface area contributed by atoms with Crippen LogP contribution in [-0.2, 0) is 16.0 Å². The Hall–Kier alpha value is -3.51. The third kappa shape index (κ3) is 4.66. The molecule has 2 atom stereocenters. The molecular weight excluding hydrogens is 412 g/mol. The molecule has 5 rings (SSSR count). The monoisotopic (exact) mass is 440 g/mol. The van der Waals surface area contributed by atoms with Crippen LogP contribution >= 0.6 is 0 Å². The molecule has 0 bridgehead atoms. The Balaban J connectivity index is 1.45. The van der Waals surface area contributed by atoms with Crippen LogP contribution in [0.1, 0.15) is 38.0 Å². The number of pyridine rings is 1. The number of carbonyl (C=O) groups excluding carboxylic acids is 1. The number of nitrogens with one attached hydrogen (secondary N) is 1. The Kier molecular flexibility index (Phi) is 6.17. The highest BCUT2D eigenvalue weighted by atomic mass is 16.5. The van der Waals surface area contributed by atoms with Gasteiger partial charge in [0.1, 0.15) is 5.69 Å². The molecule has 2 aromatic heterocycles. The summed E-state index contributed by atoms with van der Waals surface area (Å²) in [5, 5.41) is 9.04. The smallest absolute Gasteiger partial charge is 0.227 e. The van der Waals surface area contributed by atoms with Crippen LogP contribution < -0.4 is 5.32 Å². The maximum atomic E-state index is 12.9. The molecule has 0 spiro atoms. The van der Waals surface area contributed by atoms with Gasteiger partial charge in [0.2, 0.25) is 5.91 Å². The second-order valence-electron chi connectivity index (χ2n) is 8.66. The zero-order valence-corrected chi connectivity index (χ0v) is 18.8. The summed E-state index contributed by atoms with van der Waals surface area (Å²) in [6.07, 6.45) is 7.34. The third-order valence-electron chi connectivity index (χ3n) is 6.19. The van der Waals surface area contributed by atoms with E-state index in [9.17, 15) is 4.79 Å². The number of carbonyl (C=O) groups is 1. The summed E-state index contributed by atoms with van der Waals surface area (Å²) < 4.78 is 8.02. The van der Waals surface area contributed by atoms with E-state index >= 15 is 0 Å². The number of rotatable bonds is 6. The highest BCUT2D eigenvalue weighted by Gasteiger charge is 2.22. The van der Waals surface area contributed by atoms with Gasteiger partial charge < -0.3 is 10.1 Å². The number of fused-ring (bicyclic) bond motifs is 1. The Morgan fingerprint density at radius 1 is 1.12 bits per heavy atom. The second kappa shape index (κ2) is 9.55. The zero-order valence-electron chi connectivity index (χ0n) is 18.8. The Morgan fingerprint density at radius 2 is 1.94 bits per heavy atom. The van der Waals surface area contributed by atoms with Gasteiger partial charge in [-0.2, -0.15) is 5.10 Å². The standard InChI is InChI=1S/C27H28N4O2/c1-19(17-20-7-3-2-4-8-20)27(32)29-22-10-11-24-23(18-22)26(21-12-14-28-15-13-21)30-31(24)25-9-5-6-16-33-25/h2-4,7-8,10-15,18-19,25H,5-6,9,16-17H2,1H3,(H,29,32). The van der Waals surface area contributed by atoms with Gasteiger partial charge >= 0.3 is 0 Å². The fourth-order valence-electron chi connectivity index (χ4n) is 4.40. The van der Waals surface area contributed by atoms with Crippen LogP contribution in [-0.4, -0.2) is 27.3 Å². The molecule has 0 saturated carbocycles. The molecule has 1 fully saturated rings. The van der Waals surface area contributed by atoms with Crippen LogP contribution in [0.2, 0.25) is 0 Å². The van der Waals surface area contributed by atoms with Crippen molar-refractivity contribution in [1.82, 2.24) is 14.8 Å². The van der Waals surface area contributed by atoms with Gasteiger partial charge in [-0.3, -0.25) is 9.78 Å². The number of nitrogens with zero attached hydrogens (tertiary/aromatic N) is 3. The molecule has 33 heavy (non-hydrogen) atoms. The van der Waals surface area contributed by atoms with Gasteiger partial charge in [0.05, 0.1) is 5.52 Å². The lowest BCUT2D eigenvalue weighted by Gasteiger charge is -2.23. The number of hydrogen-bond acceptors (Lipinski definition) is 4. The summed E-state index contributed by atoms with van der Waals surface area (Å²) in [5.41, 5.74) is 4.79. The molecule has 1 aliphatic heterocycles. The van der Waals surface area contributed by atoms with Crippen molar-refractivity contribution in [3.05, 3.63) is 78.6 Å².